The summed E-state index contributed by atoms with van der Waals surface area (Å²) in [6.07, 6.45) is 3.73. The minimum Gasteiger partial charge on any atom is -0.390 e. The molecule has 2 unspecified atom stereocenters. The third kappa shape index (κ3) is 3.72. The molecule has 1 amide bonds. The molecule has 4 rings (SSSR count). The second-order valence-electron chi connectivity index (χ2n) is 7.64. The van der Waals surface area contributed by atoms with Gasteiger partial charge < -0.3 is 15.3 Å². The summed E-state index contributed by atoms with van der Waals surface area (Å²) < 4.78 is 0. The van der Waals surface area contributed by atoms with Crippen molar-refractivity contribution >= 4 is 5.91 Å². The minimum atomic E-state index is -0.469. The van der Waals surface area contributed by atoms with Crippen molar-refractivity contribution in [1.82, 2.24) is 21.1 Å². The van der Waals surface area contributed by atoms with Gasteiger partial charge in [-0.2, -0.15) is 0 Å². The average Bonchev–Trinajstić information content (AvgIpc) is 3.19. The van der Waals surface area contributed by atoms with Gasteiger partial charge in [-0.05, 0) is 24.8 Å². The number of carbonyl (C=O) groups excluding carboxylic acids is 1. The molecule has 2 heterocycles. The van der Waals surface area contributed by atoms with Crippen molar-refractivity contribution in [2.24, 2.45) is 5.92 Å². The molecule has 1 aromatic carbocycles. The van der Waals surface area contributed by atoms with Gasteiger partial charge in [0.05, 0.1) is 12.1 Å². The predicted octanol–water partition coefficient (Wildman–Crippen LogP) is 0.556. The summed E-state index contributed by atoms with van der Waals surface area (Å²) in [6.45, 7) is 1.87. The molecular weight excluding hydrogens is 316 g/mol. The first-order chi connectivity index (χ1) is 12.2. The lowest BCUT2D eigenvalue weighted by Crippen LogP contribution is -2.46. The Balaban J connectivity index is 1.24. The maximum atomic E-state index is 12.3. The maximum Gasteiger partial charge on any atom is 0.225 e. The van der Waals surface area contributed by atoms with E-state index in [-0.39, 0.29) is 17.9 Å². The molecule has 1 aromatic rings. The molecule has 2 aliphatic heterocycles. The molecule has 0 radical (unpaired) electrons. The number of aliphatic hydroxyl groups is 1. The lowest BCUT2D eigenvalue weighted by Gasteiger charge is -2.29. The monoisotopic (exact) mass is 344 g/mol. The first kappa shape index (κ1) is 17.0. The molecule has 6 nitrogen and oxygen atoms in total. The molecule has 2 saturated heterocycles. The lowest BCUT2D eigenvalue weighted by atomic mass is 9.84. The normalized spacial score (nSPS) is 32.8. The van der Waals surface area contributed by atoms with Crippen LogP contribution in [0.3, 0.4) is 0 Å². The summed E-state index contributed by atoms with van der Waals surface area (Å²) in [7, 11) is 0. The largest absolute Gasteiger partial charge is 0.390 e. The first-order valence-corrected chi connectivity index (χ1v) is 9.47. The zero-order chi connectivity index (χ0) is 17.2. The van der Waals surface area contributed by atoms with Gasteiger partial charge in [0, 0.05) is 37.6 Å². The van der Waals surface area contributed by atoms with Crippen molar-refractivity contribution < 1.29 is 9.90 Å². The van der Waals surface area contributed by atoms with E-state index in [0.29, 0.717) is 25.2 Å². The number of hydrogen-bond acceptors (Lipinski definition) is 5. The van der Waals surface area contributed by atoms with Crippen LogP contribution in [0.1, 0.15) is 37.3 Å². The molecule has 4 atom stereocenters. The molecule has 6 heteroatoms. The smallest absolute Gasteiger partial charge is 0.225 e. The number of β-amino-alcohol motifs (C(OH)–C–C–N with tert-alkyl or cyclic N) is 1. The van der Waals surface area contributed by atoms with Crippen LogP contribution in [0.4, 0.5) is 0 Å². The summed E-state index contributed by atoms with van der Waals surface area (Å²) in [5.74, 6) is 0.442. The van der Waals surface area contributed by atoms with Crippen molar-refractivity contribution in [3.05, 3.63) is 35.9 Å². The van der Waals surface area contributed by atoms with Crippen molar-refractivity contribution in [2.45, 2.75) is 49.9 Å². The molecule has 1 saturated carbocycles. The predicted molar refractivity (Wildman–Crippen MR) is 95.6 cm³/mol. The topological polar surface area (TPSA) is 76.6 Å². The van der Waals surface area contributed by atoms with E-state index < -0.39 is 6.10 Å². The zero-order valence-corrected chi connectivity index (χ0v) is 14.5. The third-order valence-electron chi connectivity index (χ3n) is 5.87. The number of hydrazine groups is 1. The highest BCUT2D eigenvalue weighted by molar-refractivity contribution is 5.80. The van der Waals surface area contributed by atoms with Gasteiger partial charge in [0.1, 0.15) is 0 Å². The highest BCUT2D eigenvalue weighted by Gasteiger charge is 2.38. The Morgan fingerprint density at radius 2 is 2.00 bits per heavy atom. The zero-order valence-electron chi connectivity index (χ0n) is 14.5. The molecule has 3 fully saturated rings. The Kier molecular flexibility index (Phi) is 5.03. The van der Waals surface area contributed by atoms with Crippen LogP contribution in [-0.4, -0.2) is 53.7 Å². The number of nitrogens with zero attached hydrogens (tertiary/aromatic N) is 1. The molecule has 25 heavy (non-hydrogen) atoms. The molecule has 136 valence electrons. The van der Waals surface area contributed by atoms with Gasteiger partial charge in [0.25, 0.3) is 0 Å². The second kappa shape index (κ2) is 7.41. The fourth-order valence-electron chi connectivity index (χ4n) is 4.03. The van der Waals surface area contributed by atoms with Gasteiger partial charge in [-0.25, -0.2) is 5.43 Å². The number of hydrogen-bond donors (Lipinski definition) is 4. The second-order valence-corrected chi connectivity index (χ2v) is 7.64. The summed E-state index contributed by atoms with van der Waals surface area (Å²) in [4.78, 5) is 14.2. The number of aliphatic hydroxyl groups excluding tert-OH is 1. The van der Waals surface area contributed by atoms with Gasteiger partial charge in [0.2, 0.25) is 5.91 Å². The van der Waals surface area contributed by atoms with E-state index in [9.17, 15) is 9.90 Å². The van der Waals surface area contributed by atoms with Crippen LogP contribution >= 0.6 is 0 Å². The van der Waals surface area contributed by atoms with E-state index >= 15 is 0 Å². The van der Waals surface area contributed by atoms with Crippen molar-refractivity contribution in [1.29, 1.82) is 0 Å². The molecule has 1 aliphatic carbocycles. The van der Waals surface area contributed by atoms with E-state index in [4.69, 9.17) is 0 Å². The van der Waals surface area contributed by atoms with E-state index in [1.165, 1.54) is 5.56 Å². The molecule has 0 spiro atoms. The van der Waals surface area contributed by atoms with Gasteiger partial charge in [-0.3, -0.25) is 10.2 Å². The Labute approximate surface area is 148 Å². The minimum absolute atomic E-state index is 0.0263. The van der Waals surface area contributed by atoms with Crippen LogP contribution in [0, 0.1) is 5.92 Å². The molecule has 0 bridgehead atoms. The number of amides is 1. The van der Waals surface area contributed by atoms with Crippen LogP contribution in [0.2, 0.25) is 0 Å². The number of rotatable bonds is 5. The Morgan fingerprint density at radius 1 is 1.20 bits per heavy atom. The lowest BCUT2D eigenvalue weighted by molar-refractivity contribution is -0.137. The van der Waals surface area contributed by atoms with Crippen LogP contribution in [0.5, 0.6) is 0 Å². The quantitative estimate of drug-likeness (QED) is 0.628. The fraction of sp³-hybridized carbons (Fsp3) is 0.632. The Morgan fingerprint density at radius 3 is 2.72 bits per heavy atom. The summed E-state index contributed by atoms with van der Waals surface area (Å²) >= 11 is 0. The number of likely N-dealkylation sites (tertiary alicyclic amines) is 1. The van der Waals surface area contributed by atoms with E-state index in [0.717, 1.165) is 32.2 Å². The van der Waals surface area contributed by atoms with E-state index in [1.54, 1.807) is 0 Å². The van der Waals surface area contributed by atoms with Crippen LogP contribution in [0.15, 0.2) is 30.3 Å². The molecule has 0 aromatic heterocycles. The van der Waals surface area contributed by atoms with Crippen LogP contribution < -0.4 is 16.2 Å². The SMILES string of the molecule is O=C(C1CCC1)N1C[C@@H](O)[C@H](NCC2CC(c3ccccc3)NN2)C1. The fourth-order valence-corrected chi connectivity index (χ4v) is 4.03. The van der Waals surface area contributed by atoms with Crippen molar-refractivity contribution in [3.63, 3.8) is 0 Å². The third-order valence-corrected chi connectivity index (χ3v) is 5.87. The number of benzene rings is 1. The highest BCUT2D eigenvalue weighted by Crippen LogP contribution is 2.29. The van der Waals surface area contributed by atoms with E-state index in [1.807, 2.05) is 11.0 Å². The van der Waals surface area contributed by atoms with Gasteiger partial charge >= 0.3 is 0 Å². The number of carbonyl (C=O) groups is 1. The molecule has 4 N–H and O–H groups in total. The average molecular weight is 344 g/mol. The highest BCUT2D eigenvalue weighted by atomic mass is 16.3. The molecular formula is C19H28N4O2. The van der Waals surface area contributed by atoms with E-state index in [2.05, 4.69) is 40.4 Å². The standard InChI is InChI=1S/C19H28N4O2/c24-18-12-23(19(25)14-7-4-8-14)11-17(18)20-10-15-9-16(22-21-15)13-5-2-1-3-6-13/h1-3,5-6,14-18,20-22,24H,4,7-12H2/t15?,16?,17-,18-/m1/s1. The Bertz CT molecular complexity index is 592. The van der Waals surface area contributed by atoms with Gasteiger partial charge in [-0.1, -0.05) is 36.8 Å². The maximum absolute atomic E-state index is 12.3. The van der Waals surface area contributed by atoms with Crippen LogP contribution in [0.25, 0.3) is 0 Å². The summed E-state index contributed by atoms with van der Waals surface area (Å²) in [6, 6.07) is 11.0. The van der Waals surface area contributed by atoms with Crippen LogP contribution in [-0.2, 0) is 4.79 Å². The van der Waals surface area contributed by atoms with Crippen molar-refractivity contribution in [2.75, 3.05) is 19.6 Å². The number of nitrogens with one attached hydrogen (secondary N) is 3. The summed E-state index contributed by atoms with van der Waals surface area (Å²) in [5.41, 5.74) is 7.98. The summed E-state index contributed by atoms with van der Waals surface area (Å²) in [5, 5.41) is 13.8. The van der Waals surface area contributed by atoms with Gasteiger partial charge in [0.15, 0.2) is 0 Å². The Hall–Kier alpha value is -1.47. The van der Waals surface area contributed by atoms with Crippen molar-refractivity contribution in [3.8, 4) is 0 Å². The molecule has 3 aliphatic rings. The first-order valence-electron chi connectivity index (χ1n) is 9.47. The van der Waals surface area contributed by atoms with Gasteiger partial charge in [-0.15, -0.1) is 0 Å².